The lowest BCUT2D eigenvalue weighted by molar-refractivity contribution is 0.175. The van der Waals surface area contributed by atoms with E-state index >= 15 is 0 Å². The third-order valence-corrected chi connectivity index (χ3v) is 3.58. The summed E-state index contributed by atoms with van der Waals surface area (Å²) in [5.41, 5.74) is 0. The second kappa shape index (κ2) is 5.50. The maximum atomic E-state index is 11.9. The molecule has 2 amide bonds. The highest BCUT2D eigenvalue weighted by atomic mass is 16.2. The van der Waals surface area contributed by atoms with Gasteiger partial charge in [-0.05, 0) is 32.9 Å². The lowest BCUT2D eigenvalue weighted by Crippen LogP contribution is -2.50. The number of rotatable bonds is 2. The quantitative estimate of drug-likeness (QED) is 0.608. The van der Waals surface area contributed by atoms with E-state index in [4.69, 9.17) is 0 Å². The van der Waals surface area contributed by atoms with Gasteiger partial charge in [0.2, 0.25) is 0 Å². The van der Waals surface area contributed by atoms with Crippen LogP contribution < -0.4 is 16.0 Å². The van der Waals surface area contributed by atoms with E-state index < -0.39 is 0 Å². The van der Waals surface area contributed by atoms with Crippen molar-refractivity contribution in [3.05, 3.63) is 0 Å². The third kappa shape index (κ3) is 2.86. The van der Waals surface area contributed by atoms with Crippen molar-refractivity contribution >= 4 is 6.03 Å². The van der Waals surface area contributed by atoms with E-state index in [1.807, 2.05) is 11.9 Å². The molecule has 1 atom stereocenters. The Morgan fingerprint density at radius 2 is 2.00 bits per heavy atom. The molecule has 0 aromatic rings. The summed E-state index contributed by atoms with van der Waals surface area (Å²) in [6.07, 6.45) is 3.18. The molecule has 0 aromatic heterocycles. The number of nitrogens with zero attached hydrogens (tertiary/aromatic N) is 1. The van der Waals surface area contributed by atoms with E-state index in [9.17, 15) is 4.79 Å². The van der Waals surface area contributed by atoms with Crippen molar-refractivity contribution in [2.24, 2.45) is 0 Å². The molecule has 0 bridgehead atoms. The van der Waals surface area contributed by atoms with Crippen LogP contribution in [0, 0.1) is 0 Å². The van der Waals surface area contributed by atoms with Gasteiger partial charge in [0.05, 0.1) is 0 Å². The Labute approximate surface area is 96.9 Å². The Hall–Kier alpha value is -0.810. The van der Waals surface area contributed by atoms with Crippen LogP contribution in [-0.4, -0.2) is 56.2 Å². The van der Waals surface area contributed by atoms with Gasteiger partial charge in [0.1, 0.15) is 0 Å². The fraction of sp³-hybridized carbons (Fsp3) is 0.909. The Morgan fingerprint density at radius 1 is 1.25 bits per heavy atom. The van der Waals surface area contributed by atoms with Crippen molar-refractivity contribution in [1.82, 2.24) is 20.9 Å². The van der Waals surface area contributed by atoms with Crippen LogP contribution in [0.2, 0.25) is 0 Å². The highest BCUT2D eigenvalue weighted by Crippen LogP contribution is 2.10. The topological polar surface area (TPSA) is 56.4 Å². The monoisotopic (exact) mass is 226 g/mol. The zero-order valence-electron chi connectivity index (χ0n) is 9.96. The van der Waals surface area contributed by atoms with E-state index in [0.717, 1.165) is 45.4 Å². The van der Waals surface area contributed by atoms with Gasteiger partial charge in [-0.3, -0.25) is 0 Å². The van der Waals surface area contributed by atoms with Gasteiger partial charge >= 0.3 is 6.03 Å². The first-order chi connectivity index (χ1) is 7.79. The summed E-state index contributed by atoms with van der Waals surface area (Å²) in [5.74, 6) is 0. The zero-order valence-corrected chi connectivity index (χ0v) is 9.96. The van der Waals surface area contributed by atoms with Crippen molar-refractivity contribution < 1.29 is 4.79 Å². The first kappa shape index (κ1) is 11.7. The molecule has 2 aliphatic heterocycles. The molecule has 0 aliphatic carbocycles. The summed E-state index contributed by atoms with van der Waals surface area (Å²) in [6.45, 7) is 3.68. The van der Waals surface area contributed by atoms with Crippen molar-refractivity contribution in [3.63, 3.8) is 0 Å². The SMILES string of the molecule is CNC1CCN(C(=O)N[C@H]2CCNC2)CC1. The largest absolute Gasteiger partial charge is 0.334 e. The highest BCUT2D eigenvalue weighted by molar-refractivity contribution is 5.74. The fourth-order valence-corrected chi connectivity index (χ4v) is 2.42. The number of urea groups is 1. The number of hydrogen-bond acceptors (Lipinski definition) is 3. The fourth-order valence-electron chi connectivity index (χ4n) is 2.42. The first-order valence-corrected chi connectivity index (χ1v) is 6.23. The Bertz CT molecular complexity index is 232. The van der Waals surface area contributed by atoms with Gasteiger partial charge in [-0.25, -0.2) is 4.79 Å². The maximum absolute atomic E-state index is 11.9. The number of carbonyl (C=O) groups excluding carboxylic acids is 1. The molecule has 2 fully saturated rings. The number of nitrogens with one attached hydrogen (secondary N) is 3. The normalized spacial score (nSPS) is 27.1. The molecule has 16 heavy (non-hydrogen) atoms. The lowest BCUT2D eigenvalue weighted by atomic mass is 10.1. The molecule has 5 nitrogen and oxygen atoms in total. The minimum absolute atomic E-state index is 0.114. The molecule has 2 heterocycles. The number of hydrogen-bond donors (Lipinski definition) is 3. The van der Waals surface area contributed by atoms with Crippen LogP contribution in [0.5, 0.6) is 0 Å². The van der Waals surface area contributed by atoms with Gasteiger partial charge in [0.15, 0.2) is 0 Å². The Kier molecular flexibility index (Phi) is 4.01. The Morgan fingerprint density at radius 3 is 2.56 bits per heavy atom. The summed E-state index contributed by atoms with van der Waals surface area (Å²) in [5, 5.41) is 9.61. The molecule has 0 spiro atoms. The van der Waals surface area contributed by atoms with E-state index in [-0.39, 0.29) is 6.03 Å². The molecule has 0 saturated carbocycles. The van der Waals surface area contributed by atoms with Crippen molar-refractivity contribution in [2.75, 3.05) is 33.2 Å². The van der Waals surface area contributed by atoms with Gasteiger partial charge in [-0.15, -0.1) is 0 Å². The molecular formula is C11H22N4O. The molecule has 2 aliphatic rings. The first-order valence-electron chi connectivity index (χ1n) is 6.23. The number of carbonyl (C=O) groups is 1. The molecule has 3 N–H and O–H groups in total. The summed E-state index contributed by atoms with van der Waals surface area (Å²) < 4.78 is 0. The van der Waals surface area contributed by atoms with Crippen molar-refractivity contribution in [3.8, 4) is 0 Å². The summed E-state index contributed by atoms with van der Waals surface area (Å²) >= 11 is 0. The van der Waals surface area contributed by atoms with Crippen LogP contribution in [0.15, 0.2) is 0 Å². The minimum Gasteiger partial charge on any atom is -0.334 e. The lowest BCUT2D eigenvalue weighted by Gasteiger charge is -2.32. The van der Waals surface area contributed by atoms with Gasteiger partial charge in [0, 0.05) is 31.7 Å². The third-order valence-electron chi connectivity index (χ3n) is 3.58. The van der Waals surface area contributed by atoms with E-state index in [1.54, 1.807) is 0 Å². The molecule has 2 saturated heterocycles. The summed E-state index contributed by atoms with van der Waals surface area (Å²) in [4.78, 5) is 13.9. The van der Waals surface area contributed by atoms with Gasteiger partial charge < -0.3 is 20.9 Å². The molecule has 92 valence electrons. The molecule has 0 radical (unpaired) electrons. The summed E-state index contributed by atoms with van der Waals surface area (Å²) in [6, 6.07) is 1.02. The van der Waals surface area contributed by atoms with Gasteiger partial charge in [-0.1, -0.05) is 0 Å². The van der Waals surface area contributed by atoms with Crippen molar-refractivity contribution in [1.29, 1.82) is 0 Å². The second-order valence-electron chi connectivity index (χ2n) is 4.69. The molecule has 0 unspecified atom stereocenters. The Balaban J connectivity index is 1.73. The van der Waals surface area contributed by atoms with Crippen LogP contribution in [0.25, 0.3) is 0 Å². The molecular weight excluding hydrogens is 204 g/mol. The standard InChI is InChI=1S/C11H22N4O/c1-12-9-3-6-15(7-4-9)11(16)14-10-2-5-13-8-10/h9-10,12-13H,2-8H2,1H3,(H,14,16)/t10-/m0/s1. The maximum Gasteiger partial charge on any atom is 0.317 e. The van der Waals surface area contributed by atoms with Crippen LogP contribution in [0.4, 0.5) is 4.79 Å². The van der Waals surface area contributed by atoms with Crippen LogP contribution in [0.3, 0.4) is 0 Å². The van der Waals surface area contributed by atoms with Crippen LogP contribution in [0.1, 0.15) is 19.3 Å². The smallest absolute Gasteiger partial charge is 0.317 e. The van der Waals surface area contributed by atoms with Crippen LogP contribution in [-0.2, 0) is 0 Å². The number of piperidine rings is 1. The van der Waals surface area contributed by atoms with E-state index in [0.29, 0.717) is 12.1 Å². The predicted molar refractivity (Wildman–Crippen MR) is 63.5 cm³/mol. The van der Waals surface area contributed by atoms with Crippen LogP contribution >= 0.6 is 0 Å². The second-order valence-corrected chi connectivity index (χ2v) is 4.69. The zero-order chi connectivity index (χ0) is 11.4. The van der Waals surface area contributed by atoms with Crippen molar-refractivity contribution in [2.45, 2.75) is 31.3 Å². The average Bonchev–Trinajstić information content (AvgIpc) is 2.82. The predicted octanol–water partition coefficient (Wildman–Crippen LogP) is -0.258. The van der Waals surface area contributed by atoms with E-state index in [1.165, 1.54) is 0 Å². The number of amides is 2. The highest BCUT2D eigenvalue weighted by Gasteiger charge is 2.24. The molecule has 5 heteroatoms. The average molecular weight is 226 g/mol. The summed E-state index contributed by atoms with van der Waals surface area (Å²) in [7, 11) is 1.99. The number of likely N-dealkylation sites (tertiary alicyclic amines) is 1. The van der Waals surface area contributed by atoms with Gasteiger partial charge in [-0.2, -0.15) is 0 Å². The minimum atomic E-state index is 0.114. The molecule has 0 aromatic carbocycles. The van der Waals surface area contributed by atoms with E-state index in [2.05, 4.69) is 16.0 Å². The van der Waals surface area contributed by atoms with Gasteiger partial charge in [0.25, 0.3) is 0 Å². The molecule has 2 rings (SSSR count).